The molecule has 1 N–H and O–H groups in total. The van der Waals surface area contributed by atoms with Crippen molar-refractivity contribution in [3.63, 3.8) is 0 Å². The molecule has 17 heavy (non-hydrogen) atoms. The van der Waals surface area contributed by atoms with E-state index in [1.165, 1.54) is 0 Å². The van der Waals surface area contributed by atoms with Crippen molar-refractivity contribution in [2.75, 3.05) is 6.54 Å². The van der Waals surface area contributed by atoms with Crippen LogP contribution in [-0.4, -0.2) is 6.54 Å². The highest BCUT2D eigenvalue weighted by molar-refractivity contribution is 6.33. The van der Waals surface area contributed by atoms with E-state index in [4.69, 9.17) is 16.0 Å². The number of furan rings is 1. The van der Waals surface area contributed by atoms with Crippen LogP contribution in [0.5, 0.6) is 0 Å². The van der Waals surface area contributed by atoms with E-state index in [-0.39, 0.29) is 6.04 Å². The lowest BCUT2D eigenvalue weighted by atomic mass is 10.1. The molecule has 2 rings (SSSR count). The van der Waals surface area contributed by atoms with Gasteiger partial charge < -0.3 is 9.73 Å². The first-order chi connectivity index (χ1) is 8.04. The molecule has 0 amide bonds. The molecule has 1 aromatic carbocycles. The number of benzene rings is 1. The van der Waals surface area contributed by atoms with Gasteiger partial charge in [-0.1, -0.05) is 18.5 Å². The molecule has 0 saturated carbocycles. The Hall–Kier alpha value is -0.990. The van der Waals surface area contributed by atoms with Crippen molar-refractivity contribution in [3.05, 3.63) is 34.0 Å². The second-order valence-electron chi connectivity index (χ2n) is 4.47. The SMILES string of the molecule is CCNC(C)c1cc2c(C)c(Cl)c(C)cc2o1. The standard InChI is InChI=1S/C14H18ClNO/c1-5-16-10(4)12-7-11-9(3)14(15)8(2)6-13(11)17-12/h6-7,10,16H,5H2,1-4H3. The maximum Gasteiger partial charge on any atom is 0.135 e. The minimum Gasteiger partial charge on any atom is -0.459 e. The molecule has 2 nitrogen and oxygen atoms in total. The van der Waals surface area contributed by atoms with Crippen molar-refractivity contribution < 1.29 is 4.42 Å². The maximum absolute atomic E-state index is 6.25. The zero-order valence-corrected chi connectivity index (χ0v) is 11.5. The summed E-state index contributed by atoms with van der Waals surface area (Å²) in [6.45, 7) is 9.16. The first kappa shape index (κ1) is 12.5. The molecule has 0 aliphatic rings. The van der Waals surface area contributed by atoms with Gasteiger partial charge in [-0.05, 0) is 50.6 Å². The average molecular weight is 252 g/mol. The van der Waals surface area contributed by atoms with Gasteiger partial charge >= 0.3 is 0 Å². The number of halogens is 1. The number of hydrogen-bond donors (Lipinski definition) is 1. The minimum absolute atomic E-state index is 0.228. The van der Waals surface area contributed by atoms with Gasteiger partial charge in [-0.3, -0.25) is 0 Å². The highest BCUT2D eigenvalue weighted by Gasteiger charge is 2.14. The van der Waals surface area contributed by atoms with E-state index in [1.807, 2.05) is 19.9 Å². The molecule has 92 valence electrons. The lowest BCUT2D eigenvalue weighted by molar-refractivity contribution is 0.459. The third-order valence-corrected chi connectivity index (χ3v) is 3.73. The molecule has 1 aromatic heterocycles. The van der Waals surface area contributed by atoms with Crippen molar-refractivity contribution in [2.24, 2.45) is 0 Å². The lowest BCUT2D eigenvalue weighted by Gasteiger charge is -2.07. The Morgan fingerprint density at radius 1 is 1.35 bits per heavy atom. The number of aryl methyl sites for hydroxylation is 2. The monoisotopic (exact) mass is 251 g/mol. The third-order valence-electron chi connectivity index (χ3n) is 3.14. The number of nitrogens with one attached hydrogen (secondary N) is 1. The fraction of sp³-hybridized carbons (Fsp3) is 0.429. The van der Waals surface area contributed by atoms with E-state index >= 15 is 0 Å². The molecule has 3 heteroatoms. The predicted molar refractivity (Wildman–Crippen MR) is 72.8 cm³/mol. The van der Waals surface area contributed by atoms with E-state index < -0.39 is 0 Å². The van der Waals surface area contributed by atoms with Gasteiger partial charge in [0.1, 0.15) is 11.3 Å². The van der Waals surface area contributed by atoms with Crippen molar-refractivity contribution in [2.45, 2.75) is 33.7 Å². The summed E-state index contributed by atoms with van der Waals surface area (Å²) in [7, 11) is 0. The number of fused-ring (bicyclic) bond motifs is 1. The molecule has 0 aliphatic heterocycles. The molecule has 0 saturated heterocycles. The van der Waals surface area contributed by atoms with Crippen LogP contribution in [0.2, 0.25) is 5.02 Å². The van der Waals surface area contributed by atoms with Gasteiger partial charge in [0.2, 0.25) is 0 Å². The van der Waals surface area contributed by atoms with Gasteiger partial charge in [-0.25, -0.2) is 0 Å². The Kier molecular flexibility index (Phi) is 3.45. The van der Waals surface area contributed by atoms with Crippen LogP contribution in [0.3, 0.4) is 0 Å². The topological polar surface area (TPSA) is 25.2 Å². The van der Waals surface area contributed by atoms with Crippen LogP contribution >= 0.6 is 11.6 Å². The summed E-state index contributed by atoms with van der Waals surface area (Å²) < 4.78 is 5.88. The molecule has 0 spiro atoms. The summed E-state index contributed by atoms with van der Waals surface area (Å²) >= 11 is 6.25. The fourth-order valence-corrected chi connectivity index (χ4v) is 2.28. The van der Waals surface area contributed by atoms with Gasteiger partial charge in [0.15, 0.2) is 0 Å². The number of rotatable bonds is 3. The van der Waals surface area contributed by atoms with Crippen LogP contribution in [0.15, 0.2) is 16.5 Å². The molecule has 0 radical (unpaired) electrons. The average Bonchev–Trinajstić information content (AvgIpc) is 2.70. The molecular formula is C14H18ClNO. The Labute approximate surface area is 107 Å². The minimum atomic E-state index is 0.228. The zero-order chi connectivity index (χ0) is 12.6. The van der Waals surface area contributed by atoms with Crippen LogP contribution < -0.4 is 5.32 Å². The van der Waals surface area contributed by atoms with Crippen molar-refractivity contribution in [1.29, 1.82) is 0 Å². The van der Waals surface area contributed by atoms with Crippen LogP contribution in [0.1, 0.15) is 36.8 Å². The first-order valence-corrected chi connectivity index (χ1v) is 6.35. The first-order valence-electron chi connectivity index (χ1n) is 5.97. The van der Waals surface area contributed by atoms with E-state index in [0.717, 1.165) is 39.4 Å². The van der Waals surface area contributed by atoms with Crippen LogP contribution in [0.4, 0.5) is 0 Å². The summed E-state index contributed by atoms with van der Waals surface area (Å²) in [6.07, 6.45) is 0. The molecular weight excluding hydrogens is 234 g/mol. The number of hydrogen-bond acceptors (Lipinski definition) is 2. The van der Waals surface area contributed by atoms with E-state index in [1.54, 1.807) is 0 Å². The predicted octanol–water partition coefficient (Wildman–Crippen LogP) is 4.37. The summed E-state index contributed by atoms with van der Waals surface area (Å²) in [6, 6.07) is 4.32. The smallest absolute Gasteiger partial charge is 0.135 e. The van der Waals surface area contributed by atoms with Gasteiger partial charge in [0, 0.05) is 10.4 Å². The highest BCUT2D eigenvalue weighted by atomic mass is 35.5. The van der Waals surface area contributed by atoms with Crippen molar-refractivity contribution >= 4 is 22.6 Å². The van der Waals surface area contributed by atoms with E-state index in [0.29, 0.717) is 0 Å². The van der Waals surface area contributed by atoms with Crippen LogP contribution in [0, 0.1) is 13.8 Å². The summed E-state index contributed by atoms with van der Waals surface area (Å²) in [5.74, 6) is 0.964. The molecule has 1 heterocycles. The van der Waals surface area contributed by atoms with Crippen molar-refractivity contribution in [3.8, 4) is 0 Å². The normalized spacial score (nSPS) is 13.2. The van der Waals surface area contributed by atoms with E-state index in [9.17, 15) is 0 Å². The highest BCUT2D eigenvalue weighted by Crippen LogP contribution is 2.32. The Morgan fingerprint density at radius 2 is 2.06 bits per heavy atom. The molecule has 1 atom stereocenters. The quantitative estimate of drug-likeness (QED) is 0.876. The van der Waals surface area contributed by atoms with Crippen LogP contribution in [0.25, 0.3) is 11.0 Å². The Bertz CT molecular complexity index is 545. The van der Waals surface area contributed by atoms with Gasteiger partial charge in [-0.2, -0.15) is 0 Å². The summed E-state index contributed by atoms with van der Waals surface area (Å²) in [5.41, 5.74) is 3.08. The van der Waals surface area contributed by atoms with Gasteiger partial charge in [-0.15, -0.1) is 0 Å². The van der Waals surface area contributed by atoms with Crippen LogP contribution in [-0.2, 0) is 0 Å². The fourth-order valence-electron chi connectivity index (χ4n) is 2.12. The zero-order valence-electron chi connectivity index (χ0n) is 10.7. The molecule has 0 bridgehead atoms. The lowest BCUT2D eigenvalue weighted by Crippen LogP contribution is -2.16. The van der Waals surface area contributed by atoms with E-state index in [2.05, 4.69) is 25.2 Å². The maximum atomic E-state index is 6.25. The largest absolute Gasteiger partial charge is 0.459 e. The second kappa shape index (κ2) is 4.71. The Morgan fingerprint density at radius 3 is 2.71 bits per heavy atom. The summed E-state index contributed by atoms with van der Waals surface area (Å²) in [5, 5.41) is 5.29. The Balaban J connectivity index is 2.54. The van der Waals surface area contributed by atoms with Gasteiger partial charge in [0.05, 0.1) is 6.04 Å². The third kappa shape index (κ3) is 2.20. The molecule has 0 fully saturated rings. The second-order valence-corrected chi connectivity index (χ2v) is 4.85. The molecule has 1 unspecified atom stereocenters. The van der Waals surface area contributed by atoms with Gasteiger partial charge in [0.25, 0.3) is 0 Å². The molecule has 0 aliphatic carbocycles. The summed E-state index contributed by atoms with van der Waals surface area (Å²) in [4.78, 5) is 0. The molecule has 2 aromatic rings. The van der Waals surface area contributed by atoms with Crippen molar-refractivity contribution in [1.82, 2.24) is 5.32 Å².